The van der Waals surface area contributed by atoms with E-state index in [1.165, 1.54) is 25.0 Å². The van der Waals surface area contributed by atoms with Crippen LogP contribution in [0.5, 0.6) is 0 Å². The fourth-order valence-corrected chi connectivity index (χ4v) is 4.16. The molecule has 1 aromatic carbocycles. The highest BCUT2D eigenvalue weighted by atomic mass is 35.5. The Balaban J connectivity index is 2.03. The van der Waals surface area contributed by atoms with Gasteiger partial charge in [-0.05, 0) is 30.7 Å². The Morgan fingerprint density at radius 3 is 2.95 bits per heavy atom. The largest absolute Gasteiger partial charge is 0.294 e. The van der Waals surface area contributed by atoms with Crippen molar-refractivity contribution in [1.82, 2.24) is 9.55 Å². The van der Waals surface area contributed by atoms with Crippen molar-refractivity contribution in [2.24, 2.45) is 0 Å². The van der Waals surface area contributed by atoms with Crippen LogP contribution in [-0.2, 0) is 12.4 Å². The van der Waals surface area contributed by atoms with Crippen LogP contribution in [-0.4, -0.2) is 20.6 Å². The quantitative estimate of drug-likeness (QED) is 0.815. The van der Waals surface area contributed by atoms with Gasteiger partial charge in [-0.3, -0.25) is 9.36 Å². The van der Waals surface area contributed by atoms with Gasteiger partial charge in [0.2, 0.25) is 0 Å². The van der Waals surface area contributed by atoms with Crippen molar-refractivity contribution >= 4 is 34.3 Å². The molecule has 0 bridgehead atoms. The van der Waals surface area contributed by atoms with Gasteiger partial charge in [-0.2, -0.15) is 11.8 Å². The van der Waals surface area contributed by atoms with Crippen LogP contribution in [0.3, 0.4) is 0 Å². The number of benzene rings is 1. The van der Waals surface area contributed by atoms with Crippen molar-refractivity contribution in [1.29, 1.82) is 0 Å². The number of alkyl halides is 1. The summed E-state index contributed by atoms with van der Waals surface area (Å²) in [5, 5.41) is 1.19. The zero-order chi connectivity index (χ0) is 13.9. The molecule has 2 heterocycles. The normalized spacial score (nSPS) is 19.4. The number of rotatable bonds is 3. The molecule has 5 heteroatoms. The molecular weight excluding hydrogens is 292 g/mol. The third kappa shape index (κ3) is 2.72. The van der Waals surface area contributed by atoms with Crippen LogP contribution in [0.15, 0.2) is 29.1 Å². The number of nitrogens with zero attached hydrogens (tertiary/aromatic N) is 2. The number of halogens is 1. The van der Waals surface area contributed by atoms with E-state index < -0.39 is 0 Å². The molecule has 1 aromatic heterocycles. The molecule has 0 N–H and O–H groups in total. The van der Waals surface area contributed by atoms with Crippen molar-refractivity contribution in [2.75, 3.05) is 5.75 Å². The van der Waals surface area contributed by atoms with Gasteiger partial charge in [0.05, 0.1) is 16.8 Å². The molecule has 1 aliphatic heterocycles. The highest BCUT2D eigenvalue weighted by molar-refractivity contribution is 7.99. The first-order chi connectivity index (χ1) is 9.79. The van der Waals surface area contributed by atoms with E-state index in [1.807, 2.05) is 36.0 Å². The van der Waals surface area contributed by atoms with Crippen LogP contribution in [0.2, 0.25) is 0 Å². The van der Waals surface area contributed by atoms with E-state index in [2.05, 4.69) is 4.98 Å². The van der Waals surface area contributed by atoms with Gasteiger partial charge >= 0.3 is 0 Å². The minimum absolute atomic E-state index is 0.0393. The van der Waals surface area contributed by atoms with Gasteiger partial charge in [0.1, 0.15) is 5.82 Å². The van der Waals surface area contributed by atoms with Gasteiger partial charge in [0.15, 0.2) is 0 Å². The SMILES string of the molecule is O=c1c2ccccc2nc(CCl)n1CC1CCCCS1. The second kappa shape index (κ2) is 6.19. The second-order valence-corrected chi connectivity index (χ2v) is 6.76. The molecule has 1 aliphatic rings. The van der Waals surface area contributed by atoms with Crippen molar-refractivity contribution in [3.8, 4) is 0 Å². The molecule has 20 heavy (non-hydrogen) atoms. The van der Waals surface area contributed by atoms with Crippen molar-refractivity contribution in [3.05, 3.63) is 40.4 Å². The van der Waals surface area contributed by atoms with Crippen molar-refractivity contribution < 1.29 is 0 Å². The van der Waals surface area contributed by atoms with E-state index in [4.69, 9.17) is 11.6 Å². The van der Waals surface area contributed by atoms with E-state index in [9.17, 15) is 4.79 Å². The highest BCUT2D eigenvalue weighted by Crippen LogP contribution is 2.26. The summed E-state index contributed by atoms with van der Waals surface area (Å²) >= 11 is 7.95. The molecule has 2 aromatic rings. The Bertz CT molecular complexity index is 664. The number of aromatic nitrogens is 2. The van der Waals surface area contributed by atoms with E-state index >= 15 is 0 Å². The van der Waals surface area contributed by atoms with Gasteiger partial charge in [-0.25, -0.2) is 4.98 Å². The van der Waals surface area contributed by atoms with Crippen molar-refractivity contribution in [2.45, 2.75) is 36.9 Å². The molecule has 0 aliphatic carbocycles. The Morgan fingerprint density at radius 2 is 2.20 bits per heavy atom. The molecule has 1 saturated heterocycles. The first-order valence-electron chi connectivity index (χ1n) is 6.95. The summed E-state index contributed by atoms with van der Waals surface area (Å²) in [6.45, 7) is 0.726. The number of thioether (sulfide) groups is 1. The van der Waals surface area contributed by atoms with Crippen LogP contribution >= 0.6 is 23.4 Å². The van der Waals surface area contributed by atoms with Crippen LogP contribution in [0, 0.1) is 0 Å². The molecule has 1 atom stereocenters. The standard InChI is InChI=1S/C15H17ClN2OS/c16-9-14-17-13-7-2-1-6-12(13)15(19)18(14)10-11-5-3-4-8-20-11/h1-2,6-7,11H,3-5,8-10H2. The molecule has 0 amide bonds. The maximum absolute atomic E-state index is 12.6. The Labute approximate surface area is 127 Å². The van der Waals surface area contributed by atoms with Crippen LogP contribution in [0.25, 0.3) is 10.9 Å². The lowest BCUT2D eigenvalue weighted by Gasteiger charge is -2.23. The Morgan fingerprint density at radius 1 is 1.35 bits per heavy atom. The third-order valence-corrected chi connectivity index (χ3v) is 5.34. The molecule has 3 nitrogen and oxygen atoms in total. The average Bonchev–Trinajstić information content (AvgIpc) is 2.51. The average molecular weight is 309 g/mol. The van der Waals surface area contributed by atoms with E-state index in [1.54, 1.807) is 4.57 Å². The first-order valence-corrected chi connectivity index (χ1v) is 8.54. The predicted octanol–water partition coefficient (Wildman–Crippen LogP) is 3.42. The zero-order valence-electron chi connectivity index (χ0n) is 11.2. The van der Waals surface area contributed by atoms with Gasteiger partial charge in [-0.1, -0.05) is 18.6 Å². The smallest absolute Gasteiger partial charge is 0.261 e. The molecule has 1 unspecified atom stereocenters. The molecule has 0 saturated carbocycles. The summed E-state index contributed by atoms with van der Waals surface area (Å²) in [5.74, 6) is 2.15. The summed E-state index contributed by atoms with van der Waals surface area (Å²) in [5.41, 5.74) is 0.776. The lowest BCUT2D eigenvalue weighted by Crippen LogP contribution is -2.30. The van der Waals surface area contributed by atoms with E-state index in [0.29, 0.717) is 16.5 Å². The molecular formula is C15H17ClN2OS. The summed E-state index contributed by atoms with van der Waals surface area (Å²) in [6, 6.07) is 7.49. The predicted molar refractivity (Wildman–Crippen MR) is 85.7 cm³/mol. The lowest BCUT2D eigenvalue weighted by molar-refractivity contribution is 0.556. The second-order valence-electron chi connectivity index (χ2n) is 5.08. The monoisotopic (exact) mass is 308 g/mol. The topological polar surface area (TPSA) is 34.9 Å². The molecule has 106 valence electrons. The molecule has 1 fully saturated rings. The third-order valence-electron chi connectivity index (χ3n) is 3.72. The lowest BCUT2D eigenvalue weighted by atomic mass is 10.2. The highest BCUT2D eigenvalue weighted by Gasteiger charge is 2.18. The van der Waals surface area contributed by atoms with Gasteiger partial charge in [0, 0.05) is 11.8 Å². The fourth-order valence-electron chi connectivity index (χ4n) is 2.66. The van der Waals surface area contributed by atoms with Gasteiger partial charge in [0.25, 0.3) is 5.56 Å². The number of hydrogen-bond donors (Lipinski definition) is 0. The van der Waals surface area contributed by atoms with Gasteiger partial charge < -0.3 is 0 Å². The van der Waals surface area contributed by atoms with Crippen molar-refractivity contribution in [3.63, 3.8) is 0 Å². The minimum atomic E-state index is 0.0393. The van der Waals surface area contributed by atoms with E-state index in [0.717, 1.165) is 12.1 Å². The number of para-hydroxylation sites is 1. The van der Waals surface area contributed by atoms with Gasteiger partial charge in [-0.15, -0.1) is 11.6 Å². The summed E-state index contributed by atoms with van der Waals surface area (Å²) < 4.78 is 1.78. The first kappa shape index (κ1) is 14.0. The Hall–Kier alpha value is -1.000. The minimum Gasteiger partial charge on any atom is -0.294 e. The molecule has 3 rings (SSSR count). The molecule has 0 spiro atoms. The maximum Gasteiger partial charge on any atom is 0.261 e. The summed E-state index contributed by atoms with van der Waals surface area (Å²) in [6.07, 6.45) is 3.71. The molecule has 0 radical (unpaired) electrons. The fraction of sp³-hybridized carbons (Fsp3) is 0.467. The summed E-state index contributed by atoms with van der Waals surface area (Å²) in [7, 11) is 0. The van der Waals surface area contributed by atoms with E-state index in [-0.39, 0.29) is 11.4 Å². The number of hydrogen-bond acceptors (Lipinski definition) is 3. The zero-order valence-corrected chi connectivity index (χ0v) is 12.8. The maximum atomic E-state index is 12.6. The van der Waals surface area contributed by atoms with Crippen LogP contribution < -0.4 is 5.56 Å². The van der Waals surface area contributed by atoms with Crippen LogP contribution in [0.1, 0.15) is 25.1 Å². The summed E-state index contributed by atoms with van der Waals surface area (Å²) in [4.78, 5) is 17.2. The van der Waals surface area contributed by atoms with Crippen LogP contribution in [0.4, 0.5) is 0 Å². The Kier molecular flexibility index (Phi) is 4.32. The number of fused-ring (bicyclic) bond motifs is 1.